The number of pyridine rings is 1. The minimum absolute atomic E-state index is 0.0378. The molecule has 0 saturated carbocycles. The maximum Gasteiger partial charge on any atom is 0.262 e. The normalized spacial score (nSPS) is 11.6. The first-order chi connectivity index (χ1) is 5.41. The lowest BCUT2D eigenvalue weighted by Gasteiger charge is -1.96. The molecule has 1 aromatic rings. The summed E-state index contributed by atoms with van der Waals surface area (Å²) in [5, 5.41) is 0. The molecule has 7 heteroatoms. The highest BCUT2D eigenvalue weighted by molar-refractivity contribution is 9.10. The zero-order valence-corrected chi connectivity index (χ0v) is 8.62. The average molecular weight is 274 g/mol. The molecule has 0 fully saturated rings. The van der Waals surface area contributed by atoms with Crippen molar-refractivity contribution in [3.63, 3.8) is 0 Å². The largest absolute Gasteiger partial charge is 0.262 e. The number of hydrogen-bond acceptors (Lipinski definition) is 3. The molecule has 0 spiro atoms. The van der Waals surface area contributed by atoms with Gasteiger partial charge in [-0.05, 0) is 22.0 Å². The van der Waals surface area contributed by atoms with Crippen molar-refractivity contribution in [1.29, 1.82) is 0 Å². The van der Waals surface area contributed by atoms with Crippen molar-refractivity contribution in [3.8, 4) is 0 Å². The van der Waals surface area contributed by atoms with Crippen molar-refractivity contribution in [2.24, 2.45) is 0 Å². The highest BCUT2D eigenvalue weighted by Crippen LogP contribution is 2.20. The maximum absolute atomic E-state index is 12.5. The van der Waals surface area contributed by atoms with Crippen LogP contribution in [0.5, 0.6) is 0 Å². The van der Waals surface area contributed by atoms with E-state index < -0.39 is 15.0 Å². The van der Waals surface area contributed by atoms with Crippen LogP contribution in [0.25, 0.3) is 0 Å². The minimum atomic E-state index is -3.83. The van der Waals surface area contributed by atoms with E-state index in [1.807, 2.05) is 0 Å². The number of aromatic nitrogens is 1. The van der Waals surface area contributed by atoms with Crippen LogP contribution in [0, 0.1) is 5.95 Å². The molecule has 12 heavy (non-hydrogen) atoms. The first kappa shape index (κ1) is 9.88. The van der Waals surface area contributed by atoms with Crippen molar-refractivity contribution in [3.05, 3.63) is 22.7 Å². The minimum Gasteiger partial charge on any atom is -0.226 e. The van der Waals surface area contributed by atoms with Gasteiger partial charge >= 0.3 is 0 Å². The SMILES string of the molecule is O=S(=O)(Cl)c1cnc(F)c(Br)c1. The lowest BCUT2D eigenvalue weighted by molar-refractivity contribution is 0.571. The topological polar surface area (TPSA) is 47.0 Å². The van der Waals surface area contributed by atoms with Gasteiger partial charge in [0, 0.05) is 10.7 Å². The molecule has 0 radical (unpaired) electrons. The van der Waals surface area contributed by atoms with Crippen LogP contribution in [-0.2, 0) is 9.05 Å². The zero-order chi connectivity index (χ0) is 9.35. The third kappa shape index (κ3) is 2.15. The first-order valence-corrected chi connectivity index (χ1v) is 5.77. The Labute approximate surface area is 81.1 Å². The van der Waals surface area contributed by atoms with Gasteiger partial charge in [0.2, 0.25) is 5.95 Å². The summed E-state index contributed by atoms with van der Waals surface area (Å²) in [6.45, 7) is 0. The van der Waals surface area contributed by atoms with Gasteiger partial charge in [0.05, 0.1) is 10.7 Å². The van der Waals surface area contributed by atoms with Gasteiger partial charge in [0.1, 0.15) is 4.90 Å². The molecule has 0 aliphatic heterocycles. The van der Waals surface area contributed by atoms with Gasteiger partial charge in [-0.1, -0.05) is 0 Å². The molecule has 3 nitrogen and oxygen atoms in total. The molecule has 1 heterocycles. The molecule has 0 aliphatic rings. The molecule has 1 rings (SSSR count). The summed E-state index contributed by atoms with van der Waals surface area (Å²) in [7, 11) is 1.14. The van der Waals surface area contributed by atoms with Gasteiger partial charge in [0.15, 0.2) is 0 Å². The van der Waals surface area contributed by atoms with Gasteiger partial charge in [-0.2, -0.15) is 4.39 Å². The zero-order valence-electron chi connectivity index (χ0n) is 5.46. The molecule has 0 aromatic carbocycles. The van der Waals surface area contributed by atoms with E-state index in [1.54, 1.807) is 0 Å². The van der Waals surface area contributed by atoms with E-state index in [0.717, 1.165) is 12.3 Å². The third-order valence-electron chi connectivity index (χ3n) is 1.05. The van der Waals surface area contributed by atoms with Crippen molar-refractivity contribution in [1.82, 2.24) is 4.98 Å². The summed E-state index contributed by atoms with van der Waals surface area (Å²) >= 11 is 2.78. The van der Waals surface area contributed by atoms with Gasteiger partial charge in [-0.25, -0.2) is 13.4 Å². The molecule has 66 valence electrons. The Kier molecular flexibility index (Phi) is 2.70. The molecule has 0 aliphatic carbocycles. The van der Waals surface area contributed by atoms with E-state index in [2.05, 4.69) is 20.9 Å². The number of rotatable bonds is 1. The van der Waals surface area contributed by atoms with E-state index in [9.17, 15) is 12.8 Å². The summed E-state index contributed by atoms with van der Waals surface area (Å²) in [5.74, 6) is -0.779. The molecule has 0 amide bonds. The lowest BCUT2D eigenvalue weighted by atomic mass is 10.5. The van der Waals surface area contributed by atoms with Crippen LogP contribution in [0.1, 0.15) is 0 Å². The van der Waals surface area contributed by atoms with Crippen molar-refractivity contribution < 1.29 is 12.8 Å². The standard InChI is InChI=1S/C5H2BrClFNO2S/c6-4-1-3(12(7,10)11)2-9-5(4)8/h1-2H. The predicted octanol–water partition coefficient (Wildman–Crippen LogP) is 1.91. The number of hydrogen-bond donors (Lipinski definition) is 0. The lowest BCUT2D eigenvalue weighted by Crippen LogP contribution is -1.94. The summed E-state index contributed by atoms with van der Waals surface area (Å²) in [4.78, 5) is 2.93. The Morgan fingerprint density at radius 3 is 2.58 bits per heavy atom. The summed E-state index contributed by atoms with van der Waals surface area (Å²) < 4.78 is 33.8. The van der Waals surface area contributed by atoms with Crippen molar-refractivity contribution in [2.75, 3.05) is 0 Å². The monoisotopic (exact) mass is 273 g/mol. The second-order valence-electron chi connectivity index (χ2n) is 1.88. The van der Waals surface area contributed by atoms with Crippen LogP contribution in [0.3, 0.4) is 0 Å². The molecule has 0 atom stereocenters. The fraction of sp³-hybridized carbons (Fsp3) is 0. The highest BCUT2D eigenvalue weighted by atomic mass is 79.9. The Morgan fingerprint density at radius 1 is 1.58 bits per heavy atom. The number of halogens is 3. The van der Waals surface area contributed by atoms with E-state index in [0.29, 0.717) is 0 Å². The smallest absolute Gasteiger partial charge is 0.226 e. The van der Waals surface area contributed by atoms with Crippen LogP contribution in [0.2, 0.25) is 0 Å². The quantitative estimate of drug-likeness (QED) is 0.580. The van der Waals surface area contributed by atoms with Crippen LogP contribution in [-0.4, -0.2) is 13.4 Å². The molecule has 1 aromatic heterocycles. The summed E-state index contributed by atoms with van der Waals surface area (Å²) in [6, 6.07) is 1.05. The first-order valence-electron chi connectivity index (χ1n) is 2.67. The maximum atomic E-state index is 12.5. The Morgan fingerprint density at radius 2 is 2.17 bits per heavy atom. The number of nitrogens with zero attached hydrogens (tertiary/aromatic N) is 1. The van der Waals surface area contributed by atoms with Crippen LogP contribution in [0.4, 0.5) is 4.39 Å². The van der Waals surface area contributed by atoms with Crippen LogP contribution in [0.15, 0.2) is 21.6 Å². The van der Waals surface area contributed by atoms with Crippen LogP contribution >= 0.6 is 26.6 Å². The summed E-state index contributed by atoms with van der Waals surface area (Å²) in [5.41, 5.74) is 0. The van der Waals surface area contributed by atoms with Crippen LogP contribution < -0.4 is 0 Å². The molecule has 0 saturated heterocycles. The molecular weight excluding hydrogens is 272 g/mol. The van der Waals surface area contributed by atoms with Gasteiger partial charge in [-0.3, -0.25) is 0 Å². The van der Waals surface area contributed by atoms with Crippen molar-refractivity contribution in [2.45, 2.75) is 4.90 Å². The molecular formula is C5H2BrClFNO2S. The van der Waals surface area contributed by atoms with E-state index in [4.69, 9.17) is 10.7 Å². The highest BCUT2D eigenvalue weighted by Gasteiger charge is 2.12. The predicted molar refractivity (Wildman–Crippen MR) is 44.9 cm³/mol. The Bertz CT molecular complexity index is 408. The molecule has 0 bridgehead atoms. The van der Waals surface area contributed by atoms with E-state index in [-0.39, 0.29) is 9.37 Å². The second kappa shape index (κ2) is 3.27. The summed E-state index contributed by atoms with van der Waals surface area (Å²) in [6.07, 6.45) is 0.850. The van der Waals surface area contributed by atoms with Gasteiger partial charge in [0.25, 0.3) is 9.05 Å². The molecule has 0 unspecified atom stereocenters. The fourth-order valence-corrected chi connectivity index (χ4v) is 1.73. The Hall–Kier alpha value is -0.200. The van der Waals surface area contributed by atoms with Gasteiger partial charge < -0.3 is 0 Å². The Balaban J connectivity index is 3.33. The molecule has 0 N–H and O–H groups in total. The van der Waals surface area contributed by atoms with E-state index in [1.165, 1.54) is 0 Å². The fourth-order valence-electron chi connectivity index (χ4n) is 0.537. The van der Waals surface area contributed by atoms with Gasteiger partial charge in [-0.15, -0.1) is 0 Å². The van der Waals surface area contributed by atoms with Crippen molar-refractivity contribution >= 4 is 35.7 Å². The van der Waals surface area contributed by atoms with E-state index >= 15 is 0 Å². The average Bonchev–Trinajstić information content (AvgIpc) is 1.92. The second-order valence-corrected chi connectivity index (χ2v) is 5.30. The third-order valence-corrected chi connectivity index (χ3v) is 2.93.